The van der Waals surface area contributed by atoms with Crippen LogP contribution in [0.15, 0.2) is 60.1 Å². The number of para-hydroxylation sites is 1. The first-order chi connectivity index (χ1) is 29.7. The number of hydrogen-bond donors (Lipinski definition) is 5. The lowest BCUT2D eigenvalue weighted by Gasteiger charge is -2.39. The van der Waals surface area contributed by atoms with Gasteiger partial charge in [0.25, 0.3) is 0 Å². The summed E-state index contributed by atoms with van der Waals surface area (Å²) in [5.74, 6) is -0.770. The maximum absolute atomic E-state index is 14.2. The number of aliphatic hydroxyl groups excluding tert-OH is 1. The number of hydrogen-bond acceptors (Lipinski definition) is 13. The van der Waals surface area contributed by atoms with Crippen LogP contribution in [0.4, 0.5) is 5.82 Å². The zero-order chi connectivity index (χ0) is 43.9. The molecular weight excluding hydrogens is 809 g/mol. The minimum atomic E-state index is -0.956. The summed E-state index contributed by atoms with van der Waals surface area (Å²) in [6, 6.07) is 15.4. The number of nitrogen functional groups attached to an aromatic ring is 1. The lowest BCUT2D eigenvalue weighted by atomic mass is 9.85. The van der Waals surface area contributed by atoms with E-state index in [2.05, 4.69) is 30.7 Å². The number of aryl methyl sites for hydroxylation is 1. The van der Waals surface area contributed by atoms with Gasteiger partial charge in [-0.15, -0.1) is 21.5 Å². The third-order valence-electron chi connectivity index (χ3n) is 12.7. The molecule has 0 aliphatic carbocycles. The fourth-order valence-electron chi connectivity index (χ4n) is 9.42. The number of rotatable bonds is 13. The number of benzene rings is 2. The van der Waals surface area contributed by atoms with Crippen LogP contribution in [0.2, 0.25) is 0 Å². The molecular formula is C45H56N10O6S. The fraction of sp³-hybridized carbons (Fsp3) is 0.489. The number of nitrogens with one attached hydrogen (secondary N) is 2. The third-order valence-corrected chi connectivity index (χ3v) is 13.6. The Morgan fingerprint density at radius 3 is 2.40 bits per heavy atom. The first-order valence-corrected chi connectivity index (χ1v) is 22.3. The summed E-state index contributed by atoms with van der Waals surface area (Å²) >= 11 is 1.58. The fourth-order valence-corrected chi connectivity index (χ4v) is 10.2. The Labute approximate surface area is 364 Å². The van der Waals surface area contributed by atoms with E-state index in [4.69, 9.17) is 15.6 Å². The van der Waals surface area contributed by atoms with Crippen molar-refractivity contribution in [2.45, 2.75) is 109 Å². The highest BCUT2D eigenvalue weighted by Gasteiger charge is 2.45. The second kappa shape index (κ2) is 17.7. The second-order valence-electron chi connectivity index (χ2n) is 18.0. The van der Waals surface area contributed by atoms with Gasteiger partial charge in [-0.1, -0.05) is 57.2 Å². The summed E-state index contributed by atoms with van der Waals surface area (Å²) < 4.78 is 7.89. The van der Waals surface area contributed by atoms with Crippen LogP contribution in [-0.2, 0) is 19.1 Å². The van der Waals surface area contributed by atoms with E-state index in [0.29, 0.717) is 47.8 Å². The maximum atomic E-state index is 14.2. The highest BCUT2D eigenvalue weighted by Crippen LogP contribution is 2.42. The largest absolute Gasteiger partial charge is 0.507 e. The van der Waals surface area contributed by atoms with Gasteiger partial charge in [0.05, 0.1) is 52.1 Å². The highest BCUT2D eigenvalue weighted by atomic mass is 32.1. The minimum absolute atomic E-state index is 0.0104. The van der Waals surface area contributed by atoms with Crippen molar-refractivity contribution in [3.05, 3.63) is 71.4 Å². The molecule has 2 bridgehead atoms. The number of carbonyl (C=O) groups is 3. The van der Waals surface area contributed by atoms with Crippen molar-refractivity contribution in [2.24, 2.45) is 5.41 Å². The molecule has 3 saturated heterocycles. The summed E-state index contributed by atoms with van der Waals surface area (Å²) in [6.07, 6.45) is 3.03. The Bertz CT molecular complexity index is 2420. The van der Waals surface area contributed by atoms with Gasteiger partial charge in [-0.3, -0.25) is 24.0 Å². The Morgan fingerprint density at radius 1 is 1.00 bits per heavy atom. The number of phenols is 1. The Kier molecular flexibility index (Phi) is 12.3. The van der Waals surface area contributed by atoms with Crippen LogP contribution in [0.3, 0.4) is 0 Å². The Balaban J connectivity index is 0.839. The number of β-amino-alcohol motifs (C(OH)–C–C–N with tert-alkyl or cyclic N) is 1. The molecule has 17 heteroatoms. The standard InChI is InChI=1S/C45H56N10O6S/c1-25(27-10-12-28(13-11-27)40-26(2)47-24-62-40)48-43(59)36-20-32(56)22-54(36)44(60)41(45(3,4)5)49-38(58)23-61-17-16-53-29-14-15-30(53)19-31(18-29)55-35-21-34(33-8-6-7-9-37(33)57)50-51-39(35)42(46)52-55/h6-13,21,24-25,29-32,36,41,56-57H,14-20,22-23H2,1-5H3,(H2,46,52)(H,48,59)(H,49,58)/t25?,29?,30?,31?,32-,36+,41?/m1/s1. The monoisotopic (exact) mass is 864 g/mol. The molecule has 2 aromatic carbocycles. The molecule has 3 aliphatic rings. The van der Waals surface area contributed by atoms with Crippen molar-refractivity contribution in [3.63, 3.8) is 0 Å². The van der Waals surface area contributed by atoms with Crippen LogP contribution < -0.4 is 16.4 Å². The summed E-state index contributed by atoms with van der Waals surface area (Å²) in [5.41, 5.74) is 12.8. The molecule has 5 aromatic rings. The number of likely N-dealkylation sites (tertiary alicyclic amines) is 1. The summed E-state index contributed by atoms with van der Waals surface area (Å²) in [5, 5.41) is 40.4. The number of phenolic OH excluding ortho intramolecular Hbond substituents is 1. The number of aromatic hydroxyl groups is 1. The molecule has 62 heavy (non-hydrogen) atoms. The molecule has 4 unspecified atom stereocenters. The van der Waals surface area contributed by atoms with Gasteiger partial charge in [-0.25, -0.2) is 4.98 Å². The van der Waals surface area contributed by atoms with Crippen molar-refractivity contribution < 1.29 is 29.3 Å². The van der Waals surface area contributed by atoms with Gasteiger partial charge in [0.15, 0.2) is 11.3 Å². The summed E-state index contributed by atoms with van der Waals surface area (Å²) in [7, 11) is 0. The van der Waals surface area contributed by atoms with Crippen molar-refractivity contribution >= 4 is 45.9 Å². The highest BCUT2D eigenvalue weighted by molar-refractivity contribution is 7.13. The quantitative estimate of drug-likeness (QED) is 0.101. The molecule has 0 radical (unpaired) electrons. The van der Waals surface area contributed by atoms with E-state index >= 15 is 0 Å². The first-order valence-electron chi connectivity index (χ1n) is 21.4. The number of thiazole rings is 1. The van der Waals surface area contributed by atoms with Gasteiger partial charge in [0.1, 0.15) is 24.4 Å². The molecule has 6 heterocycles. The van der Waals surface area contributed by atoms with Crippen molar-refractivity contribution in [3.8, 4) is 27.4 Å². The van der Waals surface area contributed by atoms with E-state index in [0.717, 1.165) is 52.9 Å². The number of amides is 3. The molecule has 0 spiro atoms. The number of carbonyl (C=O) groups excluding carboxylic acids is 3. The zero-order valence-electron chi connectivity index (χ0n) is 35.8. The normalized spacial score (nSPS) is 22.5. The number of nitrogens with two attached hydrogens (primary N) is 1. The molecule has 0 saturated carbocycles. The molecule has 8 rings (SSSR count). The zero-order valence-corrected chi connectivity index (χ0v) is 36.6. The molecule has 3 amide bonds. The van der Waals surface area contributed by atoms with Crippen LogP contribution in [-0.4, -0.2) is 119 Å². The van der Waals surface area contributed by atoms with Gasteiger partial charge >= 0.3 is 0 Å². The molecule has 16 nitrogen and oxygen atoms in total. The van der Waals surface area contributed by atoms with E-state index < -0.39 is 35.4 Å². The molecule has 3 aromatic heterocycles. The van der Waals surface area contributed by atoms with Gasteiger partial charge in [0, 0.05) is 37.2 Å². The number of aliphatic hydroxyl groups is 1. The van der Waals surface area contributed by atoms with E-state index in [1.807, 2.05) is 81.2 Å². The summed E-state index contributed by atoms with van der Waals surface area (Å²) in [6.45, 7) is 10.2. The average molecular weight is 865 g/mol. The number of fused-ring (bicyclic) bond motifs is 3. The topological polar surface area (TPSA) is 214 Å². The lowest BCUT2D eigenvalue weighted by molar-refractivity contribution is -0.144. The average Bonchev–Trinajstić information content (AvgIpc) is 4.00. The lowest BCUT2D eigenvalue weighted by Crippen LogP contribution is -2.58. The number of anilines is 1. The van der Waals surface area contributed by atoms with E-state index in [9.17, 15) is 24.6 Å². The number of nitrogens with zero attached hydrogens (tertiary/aromatic N) is 7. The Morgan fingerprint density at radius 2 is 1.73 bits per heavy atom. The van der Waals surface area contributed by atoms with Crippen molar-refractivity contribution in [2.75, 3.05) is 32.0 Å². The summed E-state index contributed by atoms with van der Waals surface area (Å²) in [4.78, 5) is 50.5. The van der Waals surface area contributed by atoms with E-state index in [-0.39, 0.29) is 43.3 Å². The Hall–Kier alpha value is -5.49. The van der Waals surface area contributed by atoms with Crippen molar-refractivity contribution in [1.82, 2.24) is 45.4 Å². The predicted molar refractivity (Wildman–Crippen MR) is 236 cm³/mol. The van der Waals surface area contributed by atoms with Crippen LogP contribution >= 0.6 is 11.3 Å². The molecule has 3 fully saturated rings. The van der Waals surface area contributed by atoms with E-state index in [1.54, 1.807) is 29.5 Å². The van der Waals surface area contributed by atoms with E-state index in [1.165, 1.54) is 4.90 Å². The van der Waals surface area contributed by atoms with Gasteiger partial charge in [-0.2, -0.15) is 5.10 Å². The molecule has 3 aliphatic heterocycles. The van der Waals surface area contributed by atoms with Gasteiger partial charge in [0.2, 0.25) is 17.7 Å². The SMILES string of the molecule is Cc1ncsc1-c1ccc(C(C)NC(=O)[C@@H]2C[C@@H](O)CN2C(=O)C(NC(=O)COCCN2C3CCC2CC(n2nc(N)c4nnc(-c5ccccc5O)cc42)C3)C(C)(C)C)cc1. The number of aromatic nitrogens is 5. The van der Waals surface area contributed by atoms with Crippen LogP contribution in [0.25, 0.3) is 32.7 Å². The smallest absolute Gasteiger partial charge is 0.246 e. The second-order valence-corrected chi connectivity index (χ2v) is 18.8. The van der Waals surface area contributed by atoms with Crippen molar-refractivity contribution in [1.29, 1.82) is 0 Å². The molecule has 6 atom stereocenters. The molecule has 328 valence electrons. The number of ether oxygens (including phenoxy) is 1. The maximum Gasteiger partial charge on any atom is 0.246 e. The molecule has 6 N–H and O–H groups in total. The van der Waals surface area contributed by atoms with Crippen LogP contribution in [0.5, 0.6) is 5.75 Å². The van der Waals surface area contributed by atoms with Gasteiger partial charge < -0.3 is 36.2 Å². The third kappa shape index (κ3) is 8.89. The van der Waals surface area contributed by atoms with Crippen LogP contribution in [0.1, 0.15) is 83.1 Å². The van der Waals surface area contributed by atoms with Gasteiger partial charge in [-0.05, 0) is 74.3 Å². The first kappa shape index (κ1) is 43.2. The number of piperidine rings is 1. The minimum Gasteiger partial charge on any atom is -0.507 e. The predicted octanol–water partition coefficient (Wildman–Crippen LogP) is 4.77. The van der Waals surface area contributed by atoms with Crippen LogP contribution in [0, 0.1) is 12.3 Å².